The van der Waals surface area contributed by atoms with Crippen molar-refractivity contribution in [3.63, 3.8) is 0 Å². The van der Waals surface area contributed by atoms with E-state index in [1.54, 1.807) is 24.3 Å². The number of aryl methyl sites for hydroxylation is 2. The van der Waals surface area contributed by atoms with E-state index in [4.69, 9.17) is 11.6 Å². The predicted molar refractivity (Wildman–Crippen MR) is 105 cm³/mol. The molecule has 2 amide bonds. The van der Waals surface area contributed by atoms with Crippen LogP contribution in [0.1, 0.15) is 16.7 Å². The van der Waals surface area contributed by atoms with Gasteiger partial charge in [-0.1, -0.05) is 47.5 Å². The van der Waals surface area contributed by atoms with Gasteiger partial charge < -0.3 is 5.32 Å². The Balaban J connectivity index is 2.10. The van der Waals surface area contributed by atoms with Crippen LogP contribution in [0.5, 0.6) is 0 Å². The molecule has 2 aromatic carbocycles. The lowest BCUT2D eigenvalue weighted by Gasteiger charge is -2.13. The Bertz CT molecular complexity index is 930. The Morgan fingerprint density at radius 3 is 2.38 bits per heavy atom. The number of carbonyl (C=O) groups is 2. The Labute approximate surface area is 157 Å². The summed E-state index contributed by atoms with van der Waals surface area (Å²) in [5.74, 6) is -0.687. The van der Waals surface area contributed by atoms with Gasteiger partial charge in [0.2, 0.25) is 0 Å². The van der Waals surface area contributed by atoms with E-state index in [9.17, 15) is 9.59 Å². The third-order valence-corrected chi connectivity index (χ3v) is 4.50. The minimum Gasteiger partial charge on any atom is -0.350 e. The summed E-state index contributed by atoms with van der Waals surface area (Å²) in [7, 11) is 0. The first-order valence-electron chi connectivity index (χ1n) is 8.24. The van der Waals surface area contributed by atoms with Crippen LogP contribution in [-0.4, -0.2) is 23.3 Å². The molecule has 0 saturated carbocycles. The molecule has 0 radical (unpaired) electrons. The van der Waals surface area contributed by atoms with E-state index in [0.717, 1.165) is 16.8 Å². The van der Waals surface area contributed by atoms with Gasteiger partial charge in [-0.25, -0.2) is 0 Å². The van der Waals surface area contributed by atoms with E-state index in [1.807, 2.05) is 38.1 Å². The van der Waals surface area contributed by atoms with E-state index < -0.39 is 0 Å². The van der Waals surface area contributed by atoms with Gasteiger partial charge in [-0.15, -0.1) is 6.58 Å². The van der Waals surface area contributed by atoms with Crippen LogP contribution in [0.3, 0.4) is 0 Å². The van der Waals surface area contributed by atoms with Crippen molar-refractivity contribution in [1.82, 2.24) is 4.90 Å². The summed E-state index contributed by atoms with van der Waals surface area (Å²) >= 11 is 6.01. The summed E-state index contributed by atoms with van der Waals surface area (Å²) in [6, 6.07) is 12.9. The van der Waals surface area contributed by atoms with E-state index in [2.05, 4.69) is 11.9 Å². The van der Waals surface area contributed by atoms with Crippen LogP contribution >= 0.6 is 11.6 Å². The van der Waals surface area contributed by atoms with Gasteiger partial charge in [-0.3, -0.25) is 14.5 Å². The first-order chi connectivity index (χ1) is 12.4. The molecule has 2 aromatic rings. The average molecular weight is 367 g/mol. The maximum Gasteiger partial charge on any atom is 0.278 e. The van der Waals surface area contributed by atoms with E-state index in [-0.39, 0.29) is 24.1 Å². The molecular weight excluding hydrogens is 348 g/mol. The number of benzene rings is 2. The van der Waals surface area contributed by atoms with Crippen molar-refractivity contribution in [2.45, 2.75) is 13.8 Å². The van der Waals surface area contributed by atoms with Crippen LogP contribution in [0.15, 0.2) is 60.8 Å². The number of nitrogens with one attached hydrogen (secondary N) is 1. The zero-order valence-corrected chi connectivity index (χ0v) is 15.4. The molecule has 0 aliphatic carbocycles. The lowest BCUT2D eigenvalue weighted by Crippen LogP contribution is -2.32. The summed E-state index contributed by atoms with van der Waals surface area (Å²) < 4.78 is 0. The fourth-order valence-corrected chi connectivity index (χ4v) is 3.10. The van der Waals surface area contributed by atoms with Crippen LogP contribution in [0.4, 0.5) is 5.69 Å². The average Bonchev–Trinajstić information content (AvgIpc) is 2.83. The number of hydrogen-bond acceptors (Lipinski definition) is 3. The summed E-state index contributed by atoms with van der Waals surface area (Å²) in [4.78, 5) is 26.9. The highest BCUT2D eigenvalue weighted by Crippen LogP contribution is 2.31. The van der Waals surface area contributed by atoms with Gasteiger partial charge >= 0.3 is 0 Å². The van der Waals surface area contributed by atoms with Gasteiger partial charge in [0.05, 0.1) is 5.57 Å². The van der Waals surface area contributed by atoms with Crippen molar-refractivity contribution in [2.24, 2.45) is 0 Å². The van der Waals surface area contributed by atoms with Gasteiger partial charge in [0.25, 0.3) is 11.8 Å². The number of amides is 2. The molecule has 0 saturated heterocycles. The highest BCUT2D eigenvalue weighted by atomic mass is 35.5. The number of anilines is 1. The third kappa shape index (κ3) is 3.28. The molecule has 132 valence electrons. The van der Waals surface area contributed by atoms with Crippen LogP contribution in [-0.2, 0) is 9.59 Å². The van der Waals surface area contributed by atoms with Crippen molar-refractivity contribution < 1.29 is 9.59 Å². The van der Waals surface area contributed by atoms with E-state index in [1.165, 1.54) is 4.90 Å². The second kappa shape index (κ2) is 7.18. The SMILES string of the molecule is C=CCN1C(=O)C(Nc2ccc(Cl)cc2C)=C(c2ccc(C)cc2)C1=O. The van der Waals surface area contributed by atoms with Crippen molar-refractivity contribution in [2.75, 3.05) is 11.9 Å². The first kappa shape index (κ1) is 18.0. The van der Waals surface area contributed by atoms with Crippen molar-refractivity contribution in [3.05, 3.63) is 82.5 Å². The molecule has 5 heteroatoms. The minimum absolute atomic E-state index is 0.164. The molecule has 0 unspecified atom stereocenters. The van der Waals surface area contributed by atoms with Crippen LogP contribution in [0.2, 0.25) is 5.02 Å². The highest BCUT2D eigenvalue weighted by molar-refractivity contribution is 6.36. The summed E-state index contributed by atoms with van der Waals surface area (Å²) in [6.07, 6.45) is 1.54. The fraction of sp³-hybridized carbons (Fsp3) is 0.143. The van der Waals surface area contributed by atoms with Gasteiger partial charge in [-0.05, 0) is 43.2 Å². The minimum atomic E-state index is -0.361. The van der Waals surface area contributed by atoms with Gasteiger partial charge in [0.1, 0.15) is 5.70 Å². The molecule has 0 fully saturated rings. The van der Waals surface area contributed by atoms with Gasteiger partial charge in [-0.2, -0.15) is 0 Å². The second-order valence-corrected chi connectivity index (χ2v) is 6.65. The standard InChI is InChI=1S/C21H19ClN2O2/c1-4-11-24-20(25)18(15-7-5-13(2)6-8-15)19(21(24)26)23-17-10-9-16(22)12-14(17)3/h4-10,12,23H,1,11H2,2-3H3. The molecule has 4 nitrogen and oxygen atoms in total. The van der Waals surface area contributed by atoms with Crippen molar-refractivity contribution in [1.29, 1.82) is 0 Å². The highest BCUT2D eigenvalue weighted by Gasteiger charge is 2.38. The molecule has 0 bridgehead atoms. The maximum atomic E-state index is 12.9. The Morgan fingerprint density at radius 2 is 1.77 bits per heavy atom. The summed E-state index contributed by atoms with van der Waals surface area (Å²) in [6.45, 7) is 7.66. The molecular formula is C21H19ClN2O2. The summed E-state index contributed by atoms with van der Waals surface area (Å²) in [5.41, 5.74) is 4.04. The lowest BCUT2D eigenvalue weighted by molar-refractivity contribution is -0.136. The van der Waals surface area contributed by atoms with Crippen LogP contribution in [0, 0.1) is 13.8 Å². The van der Waals surface area contributed by atoms with Crippen LogP contribution in [0.25, 0.3) is 5.57 Å². The largest absolute Gasteiger partial charge is 0.350 e. The number of halogens is 1. The predicted octanol–water partition coefficient (Wildman–Crippen LogP) is 4.33. The monoisotopic (exact) mass is 366 g/mol. The quantitative estimate of drug-likeness (QED) is 0.632. The van der Waals surface area contributed by atoms with Gasteiger partial charge in [0.15, 0.2) is 0 Å². The molecule has 1 aliphatic heterocycles. The molecule has 1 heterocycles. The number of rotatable bonds is 5. The number of imide groups is 1. The zero-order valence-electron chi connectivity index (χ0n) is 14.7. The normalized spacial score (nSPS) is 14.2. The lowest BCUT2D eigenvalue weighted by atomic mass is 10.0. The Kier molecular flexibility index (Phi) is 4.96. The zero-order chi connectivity index (χ0) is 18.8. The topological polar surface area (TPSA) is 49.4 Å². The maximum absolute atomic E-state index is 12.9. The molecule has 1 aliphatic rings. The Morgan fingerprint density at radius 1 is 1.08 bits per heavy atom. The molecule has 1 N–H and O–H groups in total. The second-order valence-electron chi connectivity index (χ2n) is 6.21. The first-order valence-corrected chi connectivity index (χ1v) is 8.61. The molecule has 3 rings (SSSR count). The molecule has 0 spiro atoms. The van der Waals surface area contributed by atoms with E-state index in [0.29, 0.717) is 16.2 Å². The van der Waals surface area contributed by atoms with Crippen molar-refractivity contribution >= 4 is 34.7 Å². The number of nitrogens with zero attached hydrogens (tertiary/aromatic N) is 1. The summed E-state index contributed by atoms with van der Waals surface area (Å²) in [5, 5.41) is 3.76. The molecule has 0 aromatic heterocycles. The number of carbonyl (C=O) groups excluding carboxylic acids is 2. The van der Waals surface area contributed by atoms with Crippen molar-refractivity contribution in [3.8, 4) is 0 Å². The van der Waals surface area contributed by atoms with Crippen LogP contribution < -0.4 is 5.32 Å². The number of hydrogen-bond donors (Lipinski definition) is 1. The Hall–Kier alpha value is -2.85. The molecule has 0 atom stereocenters. The fourth-order valence-electron chi connectivity index (χ4n) is 2.88. The smallest absolute Gasteiger partial charge is 0.278 e. The molecule has 26 heavy (non-hydrogen) atoms. The van der Waals surface area contributed by atoms with Gasteiger partial charge in [0, 0.05) is 17.3 Å². The third-order valence-electron chi connectivity index (χ3n) is 4.27. The van der Waals surface area contributed by atoms with E-state index >= 15 is 0 Å².